The maximum absolute atomic E-state index is 10.8. The molecule has 4 heteroatoms. The molecule has 0 aliphatic carbocycles. The fourth-order valence-electron chi connectivity index (χ4n) is 1.57. The molecule has 1 aromatic rings. The van der Waals surface area contributed by atoms with Gasteiger partial charge in [-0.05, 0) is 18.9 Å². The molecule has 2 unspecified atom stereocenters. The van der Waals surface area contributed by atoms with Gasteiger partial charge in [-0.2, -0.15) is 0 Å². The Morgan fingerprint density at radius 3 is 2.41 bits per heavy atom. The van der Waals surface area contributed by atoms with Crippen molar-refractivity contribution in [3.05, 3.63) is 35.4 Å². The number of aliphatic hydroxyl groups excluding tert-OH is 1. The number of aryl methyl sites for hydroxylation is 1. The summed E-state index contributed by atoms with van der Waals surface area (Å²) in [7, 11) is 0. The average molecular weight is 237 g/mol. The molecular formula is C13H19NO3. The fourth-order valence-corrected chi connectivity index (χ4v) is 1.57. The lowest BCUT2D eigenvalue weighted by molar-refractivity contribution is -0.139. The number of aliphatic carboxylic acids is 1. The Labute approximate surface area is 101 Å². The van der Waals surface area contributed by atoms with Gasteiger partial charge in [0.05, 0.1) is 6.10 Å². The number of rotatable bonds is 6. The van der Waals surface area contributed by atoms with Crippen molar-refractivity contribution in [1.29, 1.82) is 0 Å². The number of hydrogen-bond donors (Lipinski definition) is 3. The van der Waals surface area contributed by atoms with Crippen molar-refractivity contribution in [3.8, 4) is 0 Å². The third kappa shape index (κ3) is 4.17. The van der Waals surface area contributed by atoms with E-state index in [2.05, 4.69) is 5.32 Å². The van der Waals surface area contributed by atoms with Crippen molar-refractivity contribution < 1.29 is 15.0 Å². The van der Waals surface area contributed by atoms with E-state index < -0.39 is 18.1 Å². The maximum atomic E-state index is 10.8. The van der Waals surface area contributed by atoms with Crippen LogP contribution in [0.4, 0.5) is 0 Å². The van der Waals surface area contributed by atoms with Gasteiger partial charge in [-0.3, -0.25) is 4.79 Å². The maximum Gasteiger partial charge on any atom is 0.320 e. The van der Waals surface area contributed by atoms with Crippen LogP contribution < -0.4 is 5.32 Å². The molecule has 3 N–H and O–H groups in total. The normalized spacial score (nSPS) is 14.3. The molecule has 17 heavy (non-hydrogen) atoms. The van der Waals surface area contributed by atoms with Crippen LogP contribution in [-0.2, 0) is 4.79 Å². The van der Waals surface area contributed by atoms with Gasteiger partial charge in [-0.15, -0.1) is 0 Å². The molecule has 0 bridgehead atoms. The first-order valence-corrected chi connectivity index (χ1v) is 5.75. The van der Waals surface area contributed by atoms with Crippen molar-refractivity contribution in [2.24, 2.45) is 0 Å². The monoisotopic (exact) mass is 237 g/mol. The summed E-state index contributed by atoms with van der Waals surface area (Å²) < 4.78 is 0. The number of carboxylic acids is 1. The number of nitrogens with one attached hydrogen (secondary N) is 1. The van der Waals surface area contributed by atoms with Crippen LogP contribution in [0.25, 0.3) is 0 Å². The summed E-state index contributed by atoms with van der Waals surface area (Å²) in [4.78, 5) is 10.8. The Morgan fingerprint density at radius 2 is 1.94 bits per heavy atom. The van der Waals surface area contributed by atoms with Crippen LogP contribution in [0.2, 0.25) is 0 Å². The summed E-state index contributed by atoms with van der Waals surface area (Å²) in [6.07, 6.45) is -0.181. The molecule has 1 aromatic carbocycles. The van der Waals surface area contributed by atoms with Gasteiger partial charge in [0.25, 0.3) is 0 Å². The Hall–Kier alpha value is -1.39. The summed E-state index contributed by atoms with van der Waals surface area (Å²) in [6, 6.07) is 6.95. The third-order valence-electron chi connectivity index (χ3n) is 2.73. The highest BCUT2D eigenvalue weighted by Crippen LogP contribution is 2.12. The first-order chi connectivity index (χ1) is 8.04. The Balaban J connectivity index is 2.52. The highest BCUT2D eigenvalue weighted by Gasteiger charge is 2.16. The van der Waals surface area contributed by atoms with Crippen molar-refractivity contribution in [2.75, 3.05) is 6.54 Å². The van der Waals surface area contributed by atoms with Crippen LogP contribution in [0.3, 0.4) is 0 Å². The second-order valence-corrected chi connectivity index (χ2v) is 4.13. The molecule has 0 aliphatic rings. The molecule has 0 saturated carbocycles. The summed E-state index contributed by atoms with van der Waals surface area (Å²) in [5, 5.41) is 21.6. The molecule has 2 atom stereocenters. The van der Waals surface area contributed by atoms with Gasteiger partial charge >= 0.3 is 5.97 Å². The molecular weight excluding hydrogens is 218 g/mol. The zero-order valence-electron chi connectivity index (χ0n) is 10.2. The van der Waals surface area contributed by atoms with E-state index in [1.165, 1.54) is 0 Å². The summed E-state index contributed by atoms with van der Waals surface area (Å²) in [5.41, 5.74) is 1.93. The van der Waals surface area contributed by atoms with Crippen LogP contribution >= 0.6 is 0 Å². The van der Waals surface area contributed by atoms with Gasteiger partial charge in [-0.25, -0.2) is 0 Å². The smallest absolute Gasteiger partial charge is 0.320 e. The van der Waals surface area contributed by atoms with Crippen molar-refractivity contribution in [2.45, 2.75) is 32.4 Å². The first kappa shape index (κ1) is 13.7. The van der Waals surface area contributed by atoms with Crippen LogP contribution in [0.1, 0.15) is 30.6 Å². The van der Waals surface area contributed by atoms with Crippen LogP contribution in [0, 0.1) is 6.92 Å². The van der Waals surface area contributed by atoms with E-state index in [0.717, 1.165) is 11.1 Å². The highest BCUT2D eigenvalue weighted by molar-refractivity contribution is 5.73. The number of carbonyl (C=O) groups is 1. The van der Waals surface area contributed by atoms with Crippen molar-refractivity contribution in [1.82, 2.24) is 5.32 Å². The Bertz CT molecular complexity index is 361. The zero-order valence-corrected chi connectivity index (χ0v) is 10.2. The molecule has 0 aromatic heterocycles. The van der Waals surface area contributed by atoms with E-state index in [1.54, 1.807) is 6.92 Å². The summed E-state index contributed by atoms with van der Waals surface area (Å²) >= 11 is 0. The van der Waals surface area contributed by atoms with Crippen LogP contribution in [0.5, 0.6) is 0 Å². The van der Waals surface area contributed by atoms with E-state index in [9.17, 15) is 9.90 Å². The predicted molar refractivity (Wildman–Crippen MR) is 65.9 cm³/mol. The van der Waals surface area contributed by atoms with E-state index in [-0.39, 0.29) is 6.54 Å². The minimum Gasteiger partial charge on any atom is -0.480 e. The summed E-state index contributed by atoms with van der Waals surface area (Å²) in [6.45, 7) is 4.02. The van der Waals surface area contributed by atoms with Gasteiger partial charge in [-0.1, -0.05) is 36.8 Å². The number of carboxylic acid groups (broad SMARTS) is 1. The molecule has 0 fully saturated rings. The Kier molecular flexibility index (Phi) is 5.12. The minimum absolute atomic E-state index is 0.244. The predicted octanol–water partition coefficient (Wildman–Crippen LogP) is 1.48. The van der Waals surface area contributed by atoms with Crippen molar-refractivity contribution in [3.63, 3.8) is 0 Å². The van der Waals surface area contributed by atoms with Gasteiger partial charge in [0.2, 0.25) is 0 Å². The molecule has 0 aliphatic heterocycles. The van der Waals surface area contributed by atoms with Crippen LogP contribution in [-0.4, -0.2) is 28.8 Å². The van der Waals surface area contributed by atoms with E-state index in [4.69, 9.17) is 5.11 Å². The standard InChI is InChI=1S/C13H19NO3/c1-3-11(13(16)17)14-8-12(15)10-6-4-9(2)5-7-10/h4-7,11-12,14-15H,3,8H2,1-2H3,(H,16,17). The van der Waals surface area contributed by atoms with E-state index in [1.807, 2.05) is 31.2 Å². The minimum atomic E-state index is -0.886. The number of aliphatic hydroxyl groups is 1. The number of hydrogen-bond acceptors (Lipinski definition) is 3. The molecule has 94 valence electrons. The Morgan fingerprint density at radius 1 is 1.35 bits per heavy atom. The van der Waals surface area contributed by atoms with Gasteiger partial charge in [0, 0.05) is 6.54 Å². The van der Waals surface area contributed by atoms with Crippen LogP contribution in [0.15, 0.2) is 24.3 Å². The quantitative estimate of drug-likeness (QED) is 0.701. The zero-order chi connectivity index (χ0) is 12.8. The third-order valence-corrected chi connectivity index (χ3v) is 2.73. The van der Waals surface area contributed by atoms with E-state index in [0.29, 0.717) is 6.42 Å². The molecule has 1 rings (SSSR count). The fraction of sp³-hybridized carbons (Fsp3) is 0.462. The second kappa shape index (κ2) is 6.37. The lowest BCUT2D eigenvalue weighted by Gasteiger charge is -2.16. The van der Waals surface area contributed by atoms with Gasteiger partial charge in [0.1, 0.15) is 6.04 Å². The molecule has 0 saturated heterocycles. The number of benzene rings is 1. The first-order valence-electron chi connectivity index (χ1n) is 5.75. The topological polar surface area (TPSA) is 69.6 Å². The van der Waals surface area contributed by atoms with Crippen molar-refractivity contribution >= 4 is 5.97 Å². The molecule has 0 radical (unpaired) electrons. The lowest BCUT2D eigenvalue weighted by atomic mass is 10.1. The molecule has 0 spiro atoms. The largest absolute Gasteiger partial charge is 0.480 e. The molecule has 4 nitrogen and oxygen atoms in total. The molecule has 0 heterocycles. The average Bonchev–Trinajstić information content (AvgIpc) is 2.30. The SMILES string of the molecule is CCC(NCC(O)c1ccc(C)cc1)C(=O)O. The second-order valence-electron chi connectivity index (χ2n) is 4.13. The lowest BCUT2D eigenvalue weighted by Crippen LogP contribution is -2.38. The van der Waals surface area contributed by atoms with Gasteiger partial charge in [0.15, 0.2) is 0 Å². The molecule has 0 amide bonds. The summed E-state index contributed by atoms with van der Waals surface area (Å²) in [5.74, 6) is -0.886. The van der Waals surface area contributed by atoms with E-state index >= 15 is 0 Å². The van der Waals surface area contributed by atoms with Gasteiger partial charge < -0.3 is 15.5 Å². The highest BCUT2D eigenvalue weighted by atomic mass is 16.4.